The summed E-state index contributed by atoms with van der Waals surface area (Å²) >= 11 is 5.93. The number of furan rings is 1. The highest BCUT2D eigenvalue weighted by atomic mass is 35.5. The molecule has 0 aliphatic rings. The first-order valence-electron chi connectivity index (χ1n) is 5.13. The van der Waals surface area contributed by atoms with Gasteiger partial charge in [-0.15, -0.1) is 0 Å². The Bertz CT molecular complexity index is 691. The number of hydrogen-bond acceptors (Lipinski definition) is 3. The first-order valence-corrected chi connectivity index (χ1v) is 5.51. The van der Waals surface area contributed by atoms with Gasteiger partial charge >= 0.3 is 0 Å². The van der Waals surface area contributed by atoms with Crippen molar-refractivity contribution in [3.63, 3.8) is 0 Å². The summed E-state index contributed by atoms with van der Waals surface area (Å²) < 4.78 is 5.71. The molecule has 1 aromatic carbocycles. The summed E-state index contributed by atoms with van der Waals surface area (Å²) in [5.41, 5.74) is 8.10. The normalized spacial score (nSPS) is 10.9. The zero-order valence-corrected chi connectivity index (χ0v) is 9.61. The zero-order chi connectivity index (χ0) is 11.8. The second-order valence-electron chi connectivity index (χ2n) is 3.76. The van der Waals surface area contributed by atoms with E-state index in [4.69, 9.17) is 21.8 Å². The lowest BCUT2D eigenvalue weighted by Crippen LogP contribution is -1.89. The Morgan fingerprint density at radius 2 is 2.06 bits per heavy atom. The molecule has 0 unspecified atom stereocenters. The molecule has 0 saturated carbocycles. The van der Waals surface area contributed by atoms with E-state index in [1.165, 1.54) is 0 Å². The van der Waals surface area contributed by atoms with Gasteiger partial charge in [-0.05, 0) is 30.3 Å². The molecule has 17 heavy (non-hydrogen) atoms. The Balaban J connectivity index is 2.22. The monoisotopic (exact) mass is 244 g/mol. The molecule has 0 spiro atoms. The third kappa shape index (κ3) is 1.74. The second-order valence-corrected chi connectivity index (χ2v) is 4.19. The molecule has 2 N–H and O–H groups in total. The number of nitrogen functional groups attached to an aromatic ring is 1. The third-order valence-corrected chi connectivity index (χ3v) is 2.83. The van der Waals surface area contributed by atoms with Crippen LogP contribution in [0.5, 0.6) is 0 Å². The van der Waals surface area contributed by atoms with Crippen molar-refractivity contribution in [3.05, 3.63) is 47.7 Å². The maximum atomic E-state index is 5.93. The van der Waals surface area contributed by atoms with Crippen molar-refractivity contribution in [2.75, 3.05) is 5.73 Å². The third-order valence-electron chi connectivity index (χ3n) is 2.60. The molecule has 0 atom stereocenters. The van der Waals surface area contributed by atoms with Crippen molar-refractivity contribution in [2.45, 2.75) is 0 Å². The molecule has 0 bridgehead atoms. The standard InChI is InChI=1S/C13H9ClN2O/c14-9-1-2-12-8(5-9)6-13(17-12)10-7-16-4-3-11(10)15/h1-7H,(H2,15,16). The number of pyridine rings is 1. The Labute approximate surface area is 103 Å². The SMILES string of the molecule is Nc1ccncc1-c1cc2cc(Cl)ccc2o1. The van der Waals surface area contributed by atoms with E-state index in [-0.39, 0.29) is 0 Å². The van der Waals surface area contributed by atoms with Crippen LogP contribution in [0.1, 0.15) is 0 Å². The molecule has 3 rings (SSSR count). The second kappa shape index (κ2) is 3.79. The lowest BCUT2D eigenvalue weighted by atomic mass is 10.2. The molecular formula is C13H9ClN2O. The number of fused-ring (bicyclic) bond motifs is 1. The van der Waals surface area contributed by atoms with Gasteiger partial charge in [-0.25, -0.2) is 0 Å². The molecule has 0 amide bonds. The first-order chi connectivity index (χ1) is 8.24. The fourth-order valence-corrected chi connectivity index (χ4v) is 1.94. The van der Waals surface area contributed by atoms with Crippen LogP contribution in [0.25, 0.3) is 22.3 Å². The summed E-state index contributed by atoms with van der Waals surface area (Å²) in [6, 6.07) is 9.15. The molecule has 0 aliphatic carbocycles. The molecular weight excluding hydrogens is 236 g/mol. The Hall–Kier alpha value is -2.00. The van der Waals surface area contributed by atoms with Crippen molar-refractivity contribution in [1.29, 1.82) is 0 Å². The number of aromatic nitrogens is 1. The Morgan fingerprint density at radius 3 is 2.88 bits per heavy atom. The molecule has 0 fully saturated rings. The molecule has 0 radical (unpaired) electrons. The summed E-state index contributed by atoms with van der Waals surface area (Å²) in [5, 5.41) is 1.64. The van der Waals surface area contributed by atoms with Crippen molar-refractivity contribution >= 4 is 28.3 Å². The summed E-state index contributed by atoms with van der Waals surface area (Å²) in [6.45, 7) is 0. The smallest absolute Gasteiger partial charge is 0.139 e. The van der Waals surface area contributed by atoms with Crippen LogP contribution in [0.4, 0.5) is 5.69 Å². The lowest BCUT2D eigenvalue weighted by molar-refractivity contribution is 0.631. The Kier molecular flexibility index (Phi) is 2.27. The summed E-state index contributed by atoms with van der Waals surface area (Å²) in [6.07, 6.45) is 3.34. The minimum atomic E-state index is 0.644. The van der Waals surface area contributed by atoms with Gasteiger partial charge in [0.05, 0.1) is 5.56 Å². The quantitative estimate of drug-likeness (QED) is 0.710. The molecule has 2 heterocycles. The van der Waals surface area contributed by atoms with E-state index in [0.29, 0.717) is 16.5 Å². The molecule has 0 saturated heterocycles. The topological polar surface area (TPSA) is 52.0 Å². The average molecular weight is 245 g/mol. The van der Waals surface area contributed by atoms with Crippen LogP contribution < -0.4 is 5.73 Å². The fraction of sp³-hybridized carbons (Fsp3) is 0. The minimum Gasteiger partial charge on any atom is -0.456 e. The number of benzene rings is 1. The van der Waals surface area contributed by atoms with E-state index in [2.05, 4.69) is 4.98 Å². The minimum absolute atomic E-state index is 0.644. The van der Waals surface area contributed by atoms with E-state index in [9.17, 15) is 0 Å². The average Bonchev–Trinajstić information content (AvgIpc) is 2.72. The van der Waals surface area contributed by atoms with Gasteiger partial charge in [0, 0.05) is 28.5 Å². The number of hydrogen-bond donors (Lipinski definition) is 1. The predicted octanol–water partition coefficient (Wildman–Crippen LogP) is 3.73. The van der Waals surface area contributed by atoms with Crippen LogP contribution >= 0.6 is 11.6 Å². The molecule has 4 heteroatoms. The van der Waals surface area contributed by atoms with Crippen LogP contribution in [0.3, 0.4) is 0 Å². The van der Waals surface area contributed by atoms with Crippen LogP contribution in [-0.2, 0) is 0 Å². The highest BCUT2D eigenvalue weighted by Crippen LogP contribution is 2.31. The van der Waals surface area contributed by atoms with Crippen molar-refractivity contribution in [1.82, 2.24) is 4.98 Å². The van der Waals surface area contributed by atoms with Crippen molar-refractivity contribution < 1.29 is 4.42 Å². The summed E-state index contributed by atoms with van der Waals surface area (Å²) in [4.78, 5) is 4.04. The van der Waals surface area contributed by atoms with Gasteiger partial charge < -0.3 is 10.2 Å². The largest absolute Gasteiger partial charge is 0.456 e. The van der Waals surface area contributed by atoms with E-state index in [0.717, 1.165) is 16.5 Å². The highest BCUT2D eigenvalue weighted by molar-refractivity contribution is 6.31. The number of rotatable bonds is 1. The fourth-order valence-electron chi connectivity index (χ4n) is 1.76. The molecule has 3 nitrogen and oxygen atoms in total. The lowest BCUT2D eigenvalue weighted by Gasteiger charge is -1.99. The maximum Gasteiger partial charge on any atom is 0.139 e. The molecule has 0 aliphatic heterocycles. The van der Waals surface area contributed by atoms with Gasteiger partial charge in [0.1, 0.15) is 11.3 Å². The van der Waals surface area contributed by atoms with Crippen molar-refractivity contribution in [3.8, 4) is 11.3 Å². The van der Waals surface area contributed by atoms with Gasteiger partial charge in [-0.2, -0.15) is 0 Å². The van der Waals surface area contributed by atoms with Crippen LogP contribution in [0.2, 0.25) is 5.02 Å². The van der Waals surface area contributed by atoms with E-state index < -0.39 is 0 Å². The van der Waals surface area contributed by atoms with Gasteiger partial charge in [-0.3, -0.25) is 4.98 Å². The molecule has 3 aromatic rings. The van der Waals surface area contributed by atoms with E-state index >= 15 is 0 Å². The van der Waals surface area contributed by atoms with Gasteiger partial charge in [0.2, 0.25) is 0 Å². The van der Waals surface area contributed by atoms with Crippen LogP contribution in [-0.4, -0.2) is 4.98 Å². The van der Waals surface area contributed by atoms with Gasteiger partial charge in [0.25, 0.3) is 0 Å². The molecule has 84 valence electrons. The van der Waals surface area contributed by atoms with Crippen LogP contribution in [0.15, 0.2) is 47.1 Å². The van der Waals surface area contributed by atoms with E-state index in [1.807, 2.05) is 18.2 Å². The maximum absolute atomic E-state index is 5.93. The highest BCUT2D eigenvalue weighted by Gasteiger charge is 2.09. The number of nitrogens with zero attached hydrogens (tertiary/aromatic N) is 1. The first kappa shape index (κ1) is 10.2. The summed E-state index contributed by atoms with van der Waals surface area (Å²) in [5.74, 6) is 0.702. The number of halogens is 1. The molecule has 2 aromatic heterocycles. The van der Waals surface area contributed by atoms with E-state index in [1.54, 1.807) is 24.5 Å². The number of anilines is 1. The van der Waals surface area contributed by atoms with Crippen LogP contribution in [0, 0.1) is 0 Å². The Morgan fingerprint density at radius 1 is 1.18 bits per heavy atom. The predicted molar refractivity (Wildman–Crippen MR) is 68.9 cm³/mol. The number of nitrogens with two attached hydrogens (primary N) is 1. The van der Waals surface area contributed by atoms with Gasteiger partial charge in [-0.1, -0.05) is 11.6 Å². The van der Waals surface area contributed by atoms with Crippen molar-refractivity contribution in [2.24, 2.45) is 0 Å². The zero-order valence-electron chi connectivity index (χ0n) is 8.85. The van der Waals surface area contributed by atoms with Gasteiger partial charge in [0.15, 0.2) is 0 Å². The summed E-state index contributed by atoms with van der Waals surface area (Å²) in [7, 11) is 0.